The fourth-order valence-corrected chi connectivity index (χ4v) is 8.53. The molecular weight excluding hydrogens is 649 g/mol. The van der Waals surface area contributed by atoms with E-state index in [4.69, 9.17) is 4.98 Å². The van der Waals surface area contributed by atoms with Crippen LogP contribution in [0.2, 0.25) is 0 Å². The maximum absolute atomic E-state index is 5.09. The normalized spacial score (nSPS) is 11.5. The van der Waals surface area contributed by atoms with Crippen molar-refractivity contribution >= 4 is 70.9 Å². The summed E-state index contributed by atoms with van der Waals surface area (Å²) in [5.74, 6) is 0. The predicted molar refractivity (Wildman–Crippen MR) is 223 cm³/mol. The largest absolute Gasteiger partial charge is 0.310 e. The monoisotopic (exact) mass is 680 g/mol. The lowest BCUT2D eigenvalue weighted by Gasteiger charge is -2.27. The van der Waals surface area contributed by atoms with E-state index in [1.165, 1.54) is 59.3 Å². The number of hydrogen-bond donors (Lipinski definition) is 0. The topological polar surface area (TPSA) is 16.1 Å². The quantitative estimate of drug-likeness (QED) is 0.163. The van der Waals surface area contributed by atoms with Crippen molar-refractivity contribution in [2.75, 3.05) is 4.90 Å². The van der Waals surface area contributed by atoms with Crippen LogP contribution < -0.4 is 4.90 Å². The van der Waals surface area contributed by atoms with E-state index in [1.807, 2.05) is 0 Å². The van der Waals surface area contributed by atoms with E-state index in [0.717, 1.165) is 33.1 Å². The fraction of sp³-hybridized carbons (Fsp3) is 0. The van der Waals surface area contributed by atoms with Crippen molar-refractivity contribution < 1.29 is 0 Å². The zero-order chi connectivity index (χ0) is 34.4. The van der Waals surface area contributed by atoms with E-state index in [-0.39, 0.29) is 0 Å². The Morgan fingerprint density at radius 3 is 1.75 bits per heavy atom. The first kappa shape index (κ1) is 30.3. The molecule has 0 unspecified atom stereocenters. The molecule has 1 aromatic heterocycles. The molecule has 0 spiro atoms. The molecule has 9 aromatic carbocycles. The Kier molecular flexibility index (Phi) is 7.37. The number of nitrogens with zero attached hydrogens (tertiary/aromatic N) is 2. The highest BCUT2D eigenvalue weighted by atomic mass is 32.1. The van der Waals surface area contributed by atoms with E-state index < -0.39 is 0 Å². The number of aromatic nitrogens is 1. The van der Waals surface area contributed by atoms with Crippen LogP contribution in [0, 0.1) is 0 Å². The van der Waals surface area contributed by atoms with Crippen LogP contribution in [0.5, 0.6) is 0 Å². The molecule has 0 N–H and O–H groups in total. The lowest BCUT2D eigenvalue weighted by atomic mass is 10.00. The lowest BCUT2D eigenvalue weighted by molar-refractivity contribution is 1.29. The van der Waals surface area contributed by atoms with Gasteiger partial charge in [-0.1, -0.05) is 146 Å². The van der Waals surface area contributed by atoms with Crippen LogP contribution in [-0.4, -0.2) is 4.98 Å². The van der Waals surface area contributed by atoms with Crippen LogP contribution in [0.1, 0.15) is 0 Å². The molecule has 0 bridgehead atoms. The van der Waals surface area contributed by atoms with E-state index >= 15 is 0 Å². The van der Waals surface area contributed by atoms with Gasteiger partial charge in [-0.15, -0.1) is 11.3 Å². The third-order valence-electron chi connectivity index (χ3n) is 10.0. The zero-order valence-electron chi connectivity index (χ0n) is 28.3. The van der Waals surface area contributed by atoms with Crippen molar-refractivity contribution in [1.82, 2.24) is 4.98 Å². The Labute approximate surface area is 306 Å². The molecule has 244 valence electrons. The van der Waals surface area contributed by atoms with Gasteiger partial charge in [0, 0.05) is 28.0 Å². The molecule has 52 heavy (non-hydrogen) atoms. The van der Waals surface area contributed by atoms with Gasteiger partial charge >= 0.3 is 0 Å². The van der Waals surface area contributed by atoms with Gasteiger partial charge in [-0.3, -0.25) is 0 Å². The first-order valence-electron chi connectivity index (χ1n) is 17.6. The van der Waals surface area contributed by atoms with Gasteiger partial charge < -0.3 is 4.90 Å². The Balaban J connectivity index is 1.08. The summed E-state index contributed by atoms with van der Waals surface area (Å²) in [5, 5.41) is 8.46. The van der Waals surface area contributed by atoms with E-state index in [9.17, 15) is 0 Å². The van der Waals surface area contributed by atoms with Gasteiger partial charge in [0.15, 0.2) is 0 Å². The van der Waals surface area contributed by atoms with Crippen molar-refractivity contribution in [2.24, 2.45) is 0 Å². The Morgan fingerprint density at radius 1 is 0.346 bits per heavy atom. The molecule has 0 atom stereocenters. The highest BCUT2D eigenvalue weighted by Gasteiger charge is 2.17. The van der Waals surface area contributed by atoms with Crippen LogP contribution in [0.3, 0.4) is 0 Å². The highest BCUT2D eigenvalue weighted by molar-refractivity contribution is 7.22. The summed E-state index contributed by atoms with van der Waals surface area (Å²) in [7, 11) is 0. The number of thiazole rings is 1. The van der Waals surface area contributed by atoms with Gasteiger partial charge in [0.1, 0.15) is 5.01 Å². The summed E-state index contributed by atoms with van der Waals surface area (Å²) >= 11 is 1.78. The van der Waals surface area contributed by atoms with Crippen LogP contribution in [-0.2, 0) is 0 Å². The summed E-state index contributed by atoms with van der Waals surface area (Å²) < 4.78 is 1.23. The van der Waals surface area contributed by atoms with Crippen molar-refractivity contribution in [2.45, 2.75) is 0 Å². The van der Waals surface area contributed by atoms with Gasteiger partial charge in [0.05, 0.1) is 10.2 Å². The fourth-order valence-electron chi connectivity index (χ4n) is 7.44. The number of rotatable bonds is 6. The van der Waals surface area contributed by atoms with Crippen molar-refractivity contribution in [3.8, 4) is 32.8 Å². The molecule has 0 saturated carbocycles. The van der Waals surface area contributed by atoms with Gasteiger partial charge in [0.2, 0.25) is 0 Å². The van der Waals surface area contributed by atoms with Crippen LogP contribution in [0.4, 0.5) is 17.1 Å². The molecule has 1 heterocycles. The second-order valence-electron chi connectivity index (χ2n) is 13.2. The Morgan fingerprint density at radius 2 is 0.942 bits per heavy atom. The van der Waals surface area contributed by atoms with Crippen LogP contribution in [0.15, 0.2) is 194 Å². The van der Waals surface area contributed by atoms with Gasteiger partial charge in [-0.2, -0.15) is 0 Å². The molecule has 0 saturated heterocycles. The average molecular weight is 681 g/mol. The molecule has 0 amide bonds. The molecule has 3 heteroatoms. The number of hydrogen-bond acceptors (Lipinski definition) is 3. The second kappa shape index (κ2) is 12.6. The van der Waals surface area contributed by atoms with E-state index in [0.29, 0.717) is 0 Å². The lowest BCUT2D eigenvalue weighted by Crippen LogP contribution is -2.10. The molecule has 0 aliphatic carbocycles. The first-order valence-corrected chi connectivity index (χ1v) is 18.4. The van der Waals surface area contributed by atoms with Crippen molar-refractivity contribution in [3.05, 3.63) is 194 Å². The molecule has 0 aliphatic heterocycles. The average Bonchev–Trinajstić information content (AvgIpc) is 3.67. The third-order valence-corrected chi connectivity index (χ3v) is 11.2. The Hall–Kier alpha value is -6.55. The minimum absolute atomic E-state index is 1.04. The molecule has 10 aromatic rings. The number of anilines is 3. The van der Waals surface area contributed by atoms with Crippen LogP contribution >= 0.6 is 11.3 Å². The Bertz CT molecular complexity index is 2890. The second-order valence-corrected chi connectivity index (χ2v) is 14.2. The van der Waals surface area contributed by atoms with Gasteiger partial charge in [-0.25, -0.2) is 4.98 Å². The zero-order valence-corrected chi connectivity index (χ0v) is 29.1. The van der Waals surface area contributed by atoms with Gasteiger partial charge in [-0.05, 0) is 97.7 Å². The van der Waals surface area contributed by atoms with E-state index in [2.05, 4.69) is 199 Å². The van der Waals surface area contributed by atoms with Gasteiger partial charge in [0.25, 0.3) is 0 Å². The standard InChI is InChI=1S/C49H32N2S/c1-3-10-33(11-4-1)36-20-23-41(24-21-36)51(42-17-9-16-38(31-42)34-12-5-2-6-13-34)43-25-27-44-39(32-43)22-26-46-45(44)28-29-47-48(46)52-49(50-47)40-19-18-35-14-7-8-15-37(35)30-40/h1-32H. The molecular formula is C49H32N2S. The summed E-state index contributed by atoms with van der Waals surface area (Å²) in [5.41, 5.74) is 10.3. The summed E-state index contributed by atoms with van der Waals surface area (Å²) in [6.45, 7) is 0. The maximum Gasteiger partial charge on any atom is 0.124 e. The molecule has 0 radical (unpaired) electrons. The summed E-state index contributed by atoms with van der Waals surface area (Å²) in [6, 6.07) is 69.9. The minimum Gasteiger partial charge on any atom is -0.310 e. The SMILES string of the molecule is c1ccc(-c2ccc(N(c3cccc(-c4ccccc4)c3)c3ccc4c(ccc5c4ccc4nc(-c6ccc7ccccc7c6)sc45)c3)cc2)cc1. The van der Waals surface area contributed by atoms with Crippen LogP contribution in [0.25, 0.3) is 75.4 Å². The molecule has 10 rings (SSSR count). The summed E-state index contributed by atoms with van der Waals surface area (Å²) in [4.78, 5) is 7.46. The minimum atomic E-state index is 1.04. The number of benzene rings is 9. The summed E-state index contributed by atoms with van der Waals surface area (Å²) in [6.07, 6.45) is 0. The smallest absolute Gasteiger partial charge is 0.124 e. The predicted octanol–water partition coefficient (Wildman–Crippen LogP) is 14.2. The first-order chi connectivity index (χ1) is 25.7. The molecule has 0 fully saturated rings. The van der Waals surface area contributed by atoms with Crippen molar-refractivity contribution in [1.29, 1.82) is 0 Å². The molecule has 2 nitrogen and oxygen atoms in total. The highest BCUT2D eigenvalue weighted by Crippen LogP contribution is 2.42. The molecule has 0 aliphatic rings. The van der Waals surface area contributed by atoms with E-state index in [1.54, 1.807) is 11.3 Å². The van der Waals surface area contributed by atoms with Crippen molar-refractivity contribution in [3.63, 3.8) is 0 Å². The maximum atomic E-state index is 5.09. The third kappa shape index (κ3) is 5.40. The number of fused-ring (bicyclic) bond motifs is 6.